The molecule has 1 heterocycles. The molecule has 0 atom stereocenters. The molecule has 0 spiro atoms. The SMILES string of the molecule is CC(C)n1ncc(Cl)c1CCNC(C)(C)C. The van der Waals surface area contributed by atoms with Crippen molar-refractivity contribution in [2.45, 2.75) is 52.6 Å². The van der Waals surface area contributed by atoms with Gasteiger partial charge < -0.3 is 5.32 Å². The minimum absolute atomic E-state index is 0.148. The largest absolute Gasteiger partial charge is 0.312 e. The molecule has 3 nitrogen and oxygen atoms in total. The van der Waals surface area contributed by atoms with E-state index in [1.54, 1.807) is 6.20 Å². The van der Waals surface area contributed by atoms with E-state index in [2.05, 4.69) is 45.0 Å². The Morgan fingerprint density at radius 1 is 1.44 bits per heavy atom. The summed E-state index contributed by atoms with van der Waals surface area (Å²) in [6, 6.07) is 0.358. The van der Waals surface area contributed by atoms with Gasteiger partial charge in [0.05, 0.1) is 16.9 Å². The second kappa shape index (κ2) is 5.19. The predicted molar refractivity (Wildman–Crippen MR) is 69.1 cm³/mol. The first-order valence-electron chi connectivity index (χ1n) is 5.78. The Morgan fingerprint density at radius 3 is 2.56 bits per heavy atom. The van der Waals surface area contributed by atoms with Crippen molar-refractivity contribution in [2.75, 3.05) is 6.54 Å². The minimum atomic E-state index is 0.148. The summed E-state index contributed by atoms with van der Waals surface area (Å²) in [6.45, 7) is 11.6. The fourth-order valence-electron chi connectivity index (χ4n) is 1.60. The van der Waals surface area contributed by atoms with Crippen molar-refractivity contribution < 1.29 is 0 Å². The lowest BCUT2D eigenvalue weighted by atomic mass is 10.1. The van der Waals surface area contributed by atoms with Crippen LogP contribution in [0.5, 0.6) is 0 Å². The third-order valence-corrected chi connectivity index (χ3v) is 2.67. The van der Waals surface area contributed by atoms with E-state index in [1.807, 2.05) is 4.68 Å². The van der Waals surface area contributed by atoms with Gasteiger partial charge in [-0.15, -0.1) is 0 Å². The average Bonchev–Trinajstić information content (AvgIpc) is 2.46. The van der Waals surface area contributed by atoms with Crippen molar-refractivity contribution in [1.29, 1.82) is 0 Å². The van der Waals surface area contributed by atoms with Gasteiger partial charge in [0.15, 0.2) is 0 Å². The Bertz CT molecular complexity index is 337. The van der Waals surface area contributed by atoms with Gasteiger partial charge >= 0.3 is 0 Å². The lowest BCUT2D eigenvalue weighted by Gasteiger charge is -2.21. The van der Waals surface area contributed by atoms with Crippen LogP contribution in [-0.2, 0) is 6.42 Å². The summed E-state index contributed by atoms with van der Waals surface area (Å²) in [5.74, 6) is 0. The van der Waals surface area contributed by atoms with Crippen LogP contribution in [0.1, 0.15) is 46.4 Å². The van der Waals surface area contributed by atoms with Gasteiger partial charge in [-0.2, -0.15) is 5.10 Å². The molecule has 0 saturated heterocycles. The Labute approximate surface area is 103 Å². The molecule has 1 aromatic rings. The second-order valence-electron chi connectivity index (χ2n) is 5.40. The average molecular weight is 244 g/mol. The molecule has 1 rings (SSSR count). The lowest BCUT2D eigenvalue weighted by Crippen LogP contribution is -2.37. The highest BCUT2D eigenvalue weighted by Gasteiger charge is 2.13. The van der Waals surface area contributed by atoms with Gasteiger partial charge in [-0.3, -0.25) is 4.68 Å². The molecular weight excluding hydrogens is 222 g/mol. The summed E-state index contributed by atoms with van der Waals surface area (Å²) in [5.41, 5.74) is 1.27. The van der Waals surface area contributed by atoms with E-state index in [-0.39, 0.29) is 5.54 Å². The van der Waals surface area contributed by atoms with Gasteiger partial charge in [0.2, 0.25) is 0 Å². The van der Waals surface area contributed by atoms with E-state index in [1.165, 1.54) is 0 Å². The molecule has 92 valence electrons. The number of nitrogens with one attached hydrogen (secondary N) is 1. The van der Waals surface area contributed by atoms with Crippen molar-refractivity contribution in [3.8, 4) is 0 Å². The molecular formula is C12H22ClN3. The van der Waals surface area contributed by atoms with Crippen LogP contribution < -0.4 is 5.32 Å². The van der Waals surface area contributed by atoms with E-state index >= 15 is 0 Å². The molecule has 16 heavy (non-hydrogen) atoms. The van der Waals surface area contributed by atoms with E-state index < -0.39 is 0 Å². The zero-order valence-electron chi connectivity index (χ0n) is 10.8. The quantitative estimate of drug-likeness (QED) is 0.881. The molecule has 0 aliphatic carbocycles. The standard InChI is InChI=1S/C12H22ClN3/c1-9(2)16-11(10(13)8-15-16)6-7-14-12(3,4)5/h8-9,14H,6-7H2,1-5H3. The first kappa shape index (κ1) is 13.5. The maximum absolute atomic E-state index is 6.13. The molecule has 0 aliphatic heterocycles. The highest BCUT2D eigenvalue weighted by Crippen LogP contribution is 2.19. The zero-order valence-corrected chi connectivity index (χ0v) is 11.6. The van der Waals surface area contributed by atoms with Crippen molar-refractivity contribution >= 4 is 11.6 Å². The Kier molecular flexibility index (Phi) is 4.39. The van der Waals surface area contributed by atoms with Crippen molar-refractivity contribution in [3.63, 3.8) is 0 Å². The predicted octanol–water partition coefficient (Wildman–Crippen LogP) is 3.05. The van der Waals surface area contributed by atoms with Crippen LogP contribution in [0.4, 0.5) is 0 Å². The van der Waals surface area contributed by atoms with Crippen LogP contribution in [0.2, 0.25) is 5.02 Å². The number of hydrogen-bond acceptors (Lipinski definition) is 2. The maximum Gasteiger partial charge on any atom is 0.0818 e. The van der Waals surface area contributed by atoms with Gasteiger partial charge in [-0.05, 0) is 34.6 Å². The zero-order chi connectivity index (χ0) is 12.3. The fourth-order valence-corrected chi connectivity index (χ4v) is 1.83. The monoisotopic (exact) mass is 243 g/mol. The molecule has 1 N–H and O–H groups in total. The molecule has 4 heteroatoms. The summed E-state index contributed by atoms with van der Waals surface area (Å²) in [4.78, 5) is 0. The van der Waals surface area contributed by atoms with Gasteiger partial charge in [0.25, 0.3) is 0 Å². The Hall–Kier alpha value is -0.540. The Morgan fingerprint density at radius 2 is 2.06 bits per heavy atom. The van der Waals surface area contributed by atoms with Crippen LogP contribution in [0, 0.1) is 0 Å². The molecule has 0 fully saturated rings. The van der Waals surface area contributed by atoms with Gasteiger partial charge in [0.1, 0.15) is 0 Å². The lowest BCUT2D eigenvalue weighted by molar-refractivity contribution is 0.421. The minimum Gasteiger partial charge on any atom is -0.312 e. The molecule has 1 aromatic heterocycles. The van der Waals surface area contributed by atoms with Gasteiger partial charge in [-0.1, -0.05) is 11.6 Å². The van der Waals surface area contributed by atoms with Crippen molar-refractivity contribution in [2.24, 2.45) is 0 Å². The molecule has 0 aliphatic rings. The fraction of sp³-hybridized carbons (Fsp3) is 0.750. The number of aromatic nitrogens is 2. The van der Waals surface area contributed by atoms with Crippen LogP contribution in [0.3, 0.4) is 0 Å². The van der Waals surface area contributed by atoms with Crippen molar-refractivity contribution in [3.05, 3.63) is 16.9 Å². The first-order valence-corrected chi connectivity index (χ1v) is 6.16. The molecule has 0 amide bonds. The van der Waals surface area contributed by atoms with Crippen molar-refractivity contribution in [1.82, 2.24) is 15.1 Å². The first-order chi connectivity index (χ1) is 7.31. The van der Waals surface area contributed by atoms with Crippen LogP contribution in [0.15, 0.2) is 6.20 Å². The summed E-state index contributed by atoms with van der Waals surface area (Å²) < 4.78 is 1.99. The molecule has 0 unspecified atom stereocenters. The van der Waals surface area contributed by atoms with E-state index in [0.29, 0.717) is 6.04 Å². The van der Waals surface area contributed by atoms with E-state index in [0.717, 1.165) is 23.7 Å². The van der Waals surface area contributed by atoms with Gasteiger partial charge in [-0.25, -0.2) is 0 Å². The smallest absolute Gasteiger partial charge is 0.0818 e. The van der Waals surface area contributed by atoms with Crippen LogP contribution in [0.25, 0.3) is 0 Å². The molecule has 0 radical (unpaired) electrons. The second-order valence-corrected chi connectivity index (χ2v) is 5.81. The molecule has 0 aromatic carbocycles. The Balaban J connectivity index is 2.63. The number of rotatable bonds is 4. The molecule has 0 bridgehead atoms. The van der Waals surface area contributed by atoms with E-state index in [9.17, 15) is 0 Å². The molecule has 0 saturated carbocycles. The summed E-state index contributed by atoms with van der Waals surface area (Å²) in [5, 5.41) is 8.51. The maximum atomic E-state index is 6.13. The summed E-state index contributed by atoms with van der Waals surface area (Å²) in [6.07, 6.45) is 2.64. The van der Waals surface area contributed by atoms with E-state index in [4.69, 9.17) is 11.6 Å². The summed E-state index contributed by atoms with van der Waals surface area (Å²) >= 11 is 6.13. The number of halogens is 1. The topological polar surface area (TPSA) is 29.9 Å². The van der Waals surface area contributed by atoms with Crippen LogP contribution in [-0.4, -0.2) is 21.9 Å². The third kappa shape index (κ3) is 3.80. The normalized spacial score (nSPS) is 12.4. The number of hydrogen-bond donors (Lipinski definition) is 1. The third-order valence-electron chi connectivity index (χ3n) is 2.35. The number of nitrogens with zero attached hydrogens (tertiary/aromatic N) is 2. The van der Waals surface area contributed by atoms with Crippen LogP contribution >= 0.6 is 11.6 Å². The van der Waals surface area contributed by atoms with Gasteiger partial charge in [0, 0.05) is 24.5 Å². The highest BCUT2D eigenvalue weighted by molar-refractivity contribution is 6.31. The summed E-state index contributed by atoms with van der Waals surface area (Å²) in [7, 11) is 0. The highest BCUT2D eigenvalue weighted by atomic mass is 35.5.